The lowest BCUT2D eigenvalue weighted by atomic mass is 10.2. The predicted octanol–water partition coefficient (Wildman–Crippen LogP) is 4.15. The van der Waals surface area contributed by atoms with E-state index in [4.69, 9.17) is 0 Å². The summed E-state index contributed by atoms with van der Waals surface area (Å²) >= 11 is 0. The lowest BCUT2D eigenvalue weighted by Crippen LogP contribution is -2.20. The van der Waals surface area contributed by atoms with Crippen LogP contribution in [0.25, 0.3) is 0 Å². The van der Waals surface area contributed by atoms with Crippen LogP contribution in [0.15, 0.2) is 60.9 Å². The summed E-state index contributed by atoms with van der Waals surface area (Å²) in [6.45, 7) is 6.19. The Morgan fingerprint density at radius 2 is 1.62 bits per heavy atom. The van der Waals surface area contributed by atoms with Gasteiger partial charge in [-0.25, -0.2) is 9.97 Å². The van der Waals surface area contributed by atoms with Crippen molar-refractivity contribution in [1.82, 2.24) is 9.97 Å². The second-order valence-electron chi connectivity index (χ2n) is 6.57. The number of nitrogens with zero attached hydrogens (tertiary/aromatic N) is 3. The quantitative estimate of drug-likeness (QED) is 0.661. The van der Waals surface area contributed by atoms with E-state index >= 15 is 0 Å². The molecular formula is C22H23N5O2. The largest absolute Gasteiger partial charge is 0.326 e. The van der Waals surface area contributed by atoms with E-state index in [1.807, 2.05) is 36.9 Å². The van der Waals surface area contributed by atoms with Crippen molar-refractivity contribution < 1.29 is 9.59 Å². The van der Waals surface area contributed by atoms with Gasteiger partial charge in [-0.2, -0.15) is 0 Å². The van der Waals surface area contributed by atoms with Crippen molar-refractivity contribution in [1.29, 1.82) is 0 Å². The Labute approximate surface area is 169 Å². The predicted molar refractivity (Wildman–Crippen MR) is 115 cm³/mol. The highest BCUT2D eigenvalue weighted by molar-refractivity contribution is 6.04. The number of nitrogens with one attached hydrogen (secondary N) is 2. The molecule has 0 aliphatic heterocycles. The highest BCUT2D eigenvalue weighted by Gasteiger charge is 2.13. The van der Waals surface area contributed by atoms with Gasteiger partial charge in [0.25, 0.3) is 5.91 Å². The molecule has 0 spiro atoms. The molecule has 0 saturated carbocycles. The van der Waals surface area contributed by atoms with E-state index in [0.717, 1.165) is 11.3 Å². The number of rotatable bonds is 6. The number of anilines is 4. The van der Waals surface area contributed by atoms with E-state index in [-0.39, 0.29) is 11.8 Å². The molecule has 0 aliphatic carbocycles. The number of aryl methyl sites for hydroxylation is 1. The van der Waals surface area contributed by atoms with Crippen LogP contribution in [0.1, 0.15) is 29.8 Å². The standard InChI is InChI=1S/C22H23N5O2/c1-4-27(20-10-5-7-15(2)11-20)22-23-13-17(14-24-22)21(29)26-19-9-6-8-18(12-19)25-16(3)28/h5-14H,4H2,1-3H3,(H,25,28)(H,26,29). The van der Waals surface area contributed by atoms with Gasteiger partial charge in [0.05, 0.1) is 5.56 Å². The normalized spacial score (nSPS) is 10.3. The summed E-state index contributed by atoms with van der Waals surface area (Å²) in [5.41, 5.74) is 3.68. The Hall–Kier alpha value is -3.74. The molecule has 3 rings (SSSR count). The molecule has 29 heavy (non-hydrogen) atoms. The fraction of sp³-hybridized carbons (Fsp3) is 0.182. The minimum atomic E-state index is -0.324. The van der Waals surface area contributed by atoms with Gasteiger partial charge in [0, 0.05) is 42.9 Å². The molecule has 0 saturated heterocycles. The lowest BCUT2D eigenvalue weighted by molar-refractivity contribution is -0.114. The zero-order chi connectivity index (χ0) is 20.8. The second-order valence-corrected chi connectivity index (χ2v) is 6.57. The molecule has 0 radical (unpaired) electrons. The van der Waals surface area contributed by atoms with Gasteiger partial charge in [-0.05, 0) is 49.7 Å². The SMILES string of the molecule is CCN(c1cccc(C)c1)c1ncc(C(=O)Nc2cccc(NC(C)=O)c2)cn1. The number of carbonyl (C=O) groups is 2. The van der Waals surface area contributed by atoms with Gasteiger partial charge >= 0.3 is 0 Å². The summed E-state index contributed by atoms with van der Waals surface area (Å²) in [7, 11) is 0. The minimum absolute atomic E-state index is 0.174. The molecule has 2 amide bonds. The van der Waals surface area contributed by atoms with E-state index in [1.165, 1.54) is 19.3 Å². The number of hydrogen-bond acceptors (Lipinski definition) is 5. The summed E-state index contributed by atoms with van der Waals surface area (Å²) in [5.74, 6) is 0.0315. The summed E-state index contributed by atoms with van der Waals surface area (Å²) in [6, 6.07) is 15.0. The van der Waals surface area contributed by atoms with Gasteiger partial charge in [-0.1, -0.05) is 18.2 Å². The first kappa shape index (κ1) is 20.0. The second kappa shape index (κ2) is 8.97. The topological polar surface area (TPSA) is 87.2 Å². The van der Waals surface area contributed by atoms with E-state index in [2.05, 4.69) is 26.7 Å². The van der Waals surface area contributed by atoms with E-state index in [9.17, 15) is 9.59 Å². The van der Waals surface area contributed by atoms with Gasteiger partial charge in [-0.3, -0.25) is 9.59 Å². The highest BCUT2D eigenvalue weighted by Crippen LogP contribution is 2.22. The molecule has 0 bridgehead atoms. The van der Waals surface area contributed by atoms with Crippen LogP contribution < -0.4 is 15.5 Å². The van der Waals surface area contributed by atoms with E-state index < -0.39 is 0 Å². The zero-order valence-electron chi connectivity index (χ0n) is 16.6. The molecule has 0 unspecified atom stereocenters. The first-order valence-electron chi connectivity index (χ1n) is 9.31. The van der Waals surface area contributed by atoms with Crippen molar-refractivity contribution >= 4 is 34.8 Å². The molecule has 2 aromatic carbocycles. The average Bonchev–Trinajstić information content (AvgIpc) is 2.69. The summed E-state index contributed by atoms with van der Waals surface area (Å²) < 4.78 is 0. The number of benzene rings is 2. The van der Waals surface area contributed by atoms with Gasteiger partial charge < -0.3 is 15.5 Å². The maximum atomic E-state index is 12.5. The summed E-state index contributed by atoms with van der Waals surface area (Å²) in [4.78, 5) is 34.4. The molecule has 7 heteroatoms. The van der Waals surface area contributed by atoms with Crippen LogP contribution in [0.4, 0.5) is 23.0 Å². The Morgan fingerprint density at radius 1 is 0.966 bits per heavy atom. The van der Waals surface area contributed by atoms with Crippen LogP contribution in [0.3, 0.4) is 0 Å². The molecule has 148 valence electrons. The Balaban J connectivity index is 1.74. The third-order valence-corrected chi connectivity index (χ3v) is 4.21. The van der Waals surface area contributed by atoms with Gasteiger partial charge in [0.1, 0.15) is 0 Å². The number of carbonyl (C=O) groups excluding carboxylic acids is 2. The third kappa shape index (κ3) is 5.16. The zero-order valence-corrected chi connectivity index (χ0v) is 16.6. The minimum Gasteiger partial charge on any atom is -0.326 e. The van der Waals surface area contributed by atoms with Crippen molar-refractivity contribution in [2.45, 2.75) is 20.8 Å². The summed E-state index contributed by atoms with van der Waals surface area (Å²) in [5, 5.41) is 5.47. The van der Waals surface area contributed by atoms with Crippen LogP contribution in [-0.2, 0) is 4.79 Å². The molecule has 7 nitrogen and oxygen atoms in total. The van der Waals surface area contributed by atoms with Crippen LogP contribution in [0.2, 0.25) is 0 Å². The lowest BCUT2D eigenvalue weighted by Gasteiger charge is -2.21. The van der Waals surface area contributed by atoms with Crippen molar-refractivity contribution in [3.63, 3.8) is 0 Å². The molecule has 2 N–H and O–H groups in total. The van der Waals surface area contributed by atoms with Gasteiger partial charge in [0.15, 0.2) is 0 Å². The molecule has 3 aromatic rings. The first-order valence-corrected chi connectivity index (χ1v) is 9.31. The number of hydrogen-bond donors (Lipinski definition) is 2. The molecule has 1 heterocycles. The smallest absolute Gasteiger partial charge is 0.258 e. The van der Waals surface area contributed by atoms with Gasteiger partial charge in [0.2, 0.25) is 11.9 Å². The fourth-order valence-corrected chi connectivity index (χ4v) is 2.89. The van der Waals surface area contributed by atoms with Crippen LogP contribution in [0.5, 0.6) is 0 Å². The van der Waals surface area contributed by atoms with Crippen LogP contribution >= 0.6 is 0 Å². The Bertz CT molecular complexity index is 1020. The average molecular weight is 389 g/mol. The molecule has 0 aliphatic rings. The molecule has 0 atom stereocenters. The highest BCUT2D eigenvalue weighted by atomic mass is 16.2. The van der Waals surface area contributed by atoms with Crippen molar-refractivity contribution in [3.8, 4) is 0 Å². The first-order chi connectivity index (χ1) is 14.0. The van der Waals surface area contributed by atoms with Crippen LogP contribution in [-0.4, -0.2) is 28.3 Å². The monoisotopic (exact) mass is 389 g/mol. The summed E-state index contributed by atoms with van der Waals surface area (Å²) in [6.07, 6.45) is 3.02. The number of amides is 2. The Kier molecular flexibility index (Phi) is 6.19. The van der Waals surface area contributed by atoms with Crippen molar-refractivity contribution in [2.75, 3.05) is 22.1 Å². The van der Waals surface area contributed by atoms with Gasteiger partial charge in [-0.15, -0.1) is 0 Å². The number of aromatic nitrogens is 2. The maximum Gasteiger partial charge on any atom is 0.258 e. The third-order valence-electron chi connectivity index (χ3n) is 4.21. The Morgan fingerprint density at radius 3 is 2.24 bits per heavy atom. The molecule has 1 aromatic heterocycles. The van der Waals surface area contributed by atoms with E-state index in [0.29, 0.717) is 29.4 Å². The van der Waals surface area contributed by atoms with Crippen molar-refractivity contribution in [3.05, 3.63) is 72.1 Å². The maximum absolute atomic E-state index is 12.5. The molecule has 0 fully saturated rings. The fourth-order valence-electron chi connectivity index (χ4n) is 2.89. The van der Waals surface area contributed by atoms with Crippen LogP contribution in [0, 0.1) is 6.92 Å². The van der Waals surface area contributed by atoms with E-state index in [1.54, 1.807) is 24.3 Å². The molecular weight excluding hydrogens is 366 g/mol. The van der Waals surface area contributed by atoms with Crippen molar-refractivity contribution in [2.24, 2.45) is 0 Å².